The van der Waals surface area contributed by atoms with Gasteiger partial charge in [0, 0.05) is 18.9 Å². The molecule has 126 valence electrons. The van der Waals surface area contributed by atoms with E-state index in [9.17, 15) is 4.79 Å². The molecule has 1 aromatic heterocycles. The highest BCUT2D eigenvalue weighted by Gasteiger charge is 2.20. The molecule has 0 aliphatic rings. The van der Waals surface area contributed by atoms with Crippen molar-refractivity contribution in [1.82, 2.24) is 4.98 Å². The van der Waals surface area contributed by atoms with Crippen LogP contribution in [0.15, 0.2) is 47.2 Å². The second-order valence-electron chi connectivity index (χ2n) is 6.38. The number of aromatic nitrogens is 1. The lowest BCUT2D eigenvalue weighted by Crippen LogP contribution is -2.34. The number of hydrogen-bond acceptors (Lipinski definition) is 3. The fraction of sp³-hybridized carbons (Fsp3) is 0.263. The predicted octanol–water partition coefficient (Wildman–Crippen LogP) is 5.39. The maximum absolute atomic E-state index is 12.1. The van der Waals surface area contributed by atoms with Gasteiger partial charge in [0.1, 0.15) is 10.2 Å². The van der Waals surface area contributed by atoms with Crippen molar-refractivity contribution in [2.75, 3.05) is 11.9 Å². The molecule has 4 nitrogen and oxygen atoms in total. The highest BCUT2D eigenvalue weighted by molar-refractivity contribution is 9.10. The smallest absolute Gasteiger partial charge is 0.414 e. The molecule has 0 unspecified atom stereocenters. The average molecular weight is 389 g/mol. The van der Waals surface area contributed by atoms with Crippen LogP contribution in [0.3, 0.4) is 0 Å². The van der Waals surface area contributed by atoms with Crippen molar-refractivity contribution in [3.8, 4) is 0 Å². The summed E-state index contributed by atoms with van der Waals surface area (Å²) in [6.07, 6.45) is 5.41. The number of halogens is 1. The standard InChI is InChI=1S/C19H21BrN2O2/c1-19(2,3)24-18(23)22(4)16-9-7-14(8-10-16)5-6-15-11-12-21-17(20)13-15/h5-13H,1-4H3. The van der Waals surface area contributed by atoms with Gasteiger partial charge >= 0.3 is 6.09 Å². The molecule has 0 atom stereocenters. The monoisotopic (exact) mass is 388 g/mol. The van der Waals surface area contributed by atoms with Crippen molar-refractivity contribution in [1.29, 1.82) is 0 Å². The molecule has 2 aromatic rings. The van der Waals surface area contributed by atoms with Crippen LogP contribution in [-0.4, -0.2) is 23.7 Å². The predicted molar refractivity (Wildman–Crippen MR) is 102 cm³/mol. The number of anilines is 1. The maximum atomic E-state index is 12.1. The van der Waals surface area contributed by atoms with Gasteiger partial charge < -0.3 is 4.74 Å². The van der Waals surface area contributed by atoms with Crippen LogP contribution < -0.4 is 4.90 Å². The second kappa shape index (κ2) is 7.62. The Hall–Kier alpha value is -2.14. The summed E-state index contributed by atoms with van der Waals surface area (Å²) in [5, 5.41) is 0. The van der Waals surface area contributed by atoms with Gasteiger partial charge in [-0.15, -0.1) is 0 Å². The van der Waals surface area contributed by atoms with Gasteiger partial charge in [0.05, 0.1) is 0 Å². The largest absolute Gasteiger partial charge is 0.443 e. The topological polar surface area (TPSA) is 42.4 Å². The number of ether oxygens (including phenoxy) is 1. The zero-order valence-electron chi connectivity index (χ0n) is 14.3. The lowest BCUT2D eigenvalue weighted by molar-refractivity contribution is 0.0589. The Bertz CT molecular complexity index is 734. The number of pyridine rings is 1. The molecule has 0 spiro atoms. The zero-order valence-corrected chi connectivity index (χ0v) is 15.9. The van der Waals surface area contributed by atoms with E-state index in [2.05, 4.69) is 20.9 Å². The highest BCUT2D eigenvalue weighted by atomic mass is 79.9. The summed E-state index contributed by atoms with van der Waals surface area (Å²) in [5.74, 6) is 0. The van der Waals surface area contributed by atoms with Gasteiger partial charge in [-0.1, -0.05) is 24.3 Å². The van der Waals surface area contributed by atoms with Gasteiger partial charge in [-0.2, -0.15) is 0 Å². The van der Waals surface area contributed by atoms with Crippen molar-refractivity contribution in [2.24, 2.45) is 0 Å². The minimum absolute atomic E-state index is 0.368. The summed E-state index contributed by atoms with van der Waals surface area (Å²) in [6.45, 7) is 5.55. The minimum atomic E-state index is -0.507. The molecule has 0 aliphatic carbocycles. The second-order valence-corrected chi connectivity index (χ2v) is 7.19. The van der Waals surface area contributed by atoms with Gasteiger partial charge in [0.25, 0.3) is 0 Å². The average Bonchev–Trinajstić information content (AvgIpc) is 2.51. The molecule has 5 heteroatoms. The van der Waals surface area contributed by atoms with E-state index in [-0.39, 0.29) is 6.09 Å². The van der Waals surface area contributed by atoms with Gasteiger partial charge in [-0.3, -0.25) is 4.90 Å². The fourth-order valence-electron chi connectivity index (χ4n) is 1.96. The first-order valence-electron chi connectivity index (χ1n) is 7.61. The number of nitrogens with zero attached hydrogens (tertiary/aromatic N) is 2. The lowest BCUT2D eigenvalue weighted by atomic mass is 10.1. The number of rotatable bonds is 3. The molecular weight excluding hydrogens is 368 g/mol. The summed E-state index contributed by atoms with van der Waals surface area (Å²) in [4.78, 5) is 17.7. The minimum Gasteiger partial charge on any atom is -0.443 e. The molecule has 0 saturated heterocycles. The van der Waals surface area contributed by atoms with E-state index in [0.717, 1.165) is 21.4 Å². The van der Waals surface area contributed by atoms with Gasteiger partial charge in [0.15, 0.2) is 0 Å². The molecule has 0 bridgehead atoms. The number of carbonyl (C=O) groups is 1. The summed E-state index contributed by atoms with van der Waals surface area (Å²) in [5.41, 5.74) is 2.39. The van der Waals surface area contributed by atoms with Gasteiger partial charge in [-0.05, 0) is 72.1 Å². The third kappa shape index (κ3) is 5.49. The Kier molecular flexibility index (Phi) is 5.78. The van der Waals surface area contributed by atoms with E-state index in [4.69, 9.17) is 4.74 Å². The van der Waals surface area contributed by atoms with Crippen molar-refractivity contribution in [2.45, 2.75) is 26.4 Å². The normalized spacial score (nSPS) is 11.5. The quantitative estimate of drug-likeness (QED) is 0.662. The van der Waals surface area contributed by atoms with Crippen LogP contribution in [0, 0.1) is 0 Å². The van der Waals surface area contributed by atoms with Crippen molar-refractivity contribution >= 4 is 39.9 Å². The summed E-state index contributed by atoms with van der Waals surface area (Å²) >= 11 is 3.35. The molecule has 0 saturated carbocycles. The Morgan fingerprint density at radius 3 is 2.33 bits per heavy atom. The SMILES string of the molecule is CN(C(=O)OC(C)(C)C)c1ccc(C=Cc2ccnc(Br)c2)cc1. The number of hydrogen-bond donors (Lipinski definition) is 0. The maximum Gasteiger partial charge on any atom is 0.414 e. The number of amides is 1. The van der Waals surface area contributed by atoms with E-state index in [0.29, 0.717) is 0 Å². The van der Waals surface area contributed by atoms with E-state index in [1.807, 2.05) is 69.3 Å². The first-order valence-corrected chi connectivity index (χ1v) is 8.40. The molecule has 1 aromatic carbocycles. The van der Waals surface area contributed by atoms with Gasteiger partial charge in [-0.25, -0.2) is 9.78 Å². The first kappa shape index (κ1) is 18.2. The Balaban J connectivity index is 2.06. The molecule has 0 N–H and O–H groups in total. The van der Waals surface area contributed by atoms with E-state index >= 15 is 0 Å². The van der Waals surface area contributed by atoms with Gasteiger partial charge in [0.2, 0.25) is 0 Å². The van der Waals surface area contributed by atoms with Crippen LogP contribution in [-0.2, 0) is 4.74 Å². The third-order valence-electron chi connectivity index (χ3n) is 3.17. The summed E-state index contributed by atoms with van der Waals surface area (Å²) in [6, 6.07) is 11.6. The summed E-state index contributed by atoms with van der Waals surface area (Å²) < 4.78 is 6.17. The van der Waals surface area contributed by atoms with Crippen LogP contribution in [0.1, 0.15) is 31.9 Å². The van der Waals surface area contributed by atoms with Crippen molar-refractivity contribution in [3.63, 3.8) is 0 Å². The van der Waals surface area contributed by atoms with E-state index in [1.54, 1.807) is 13.2 Å². The molecule has 0 aliphatic heterocycles. The van der Waals surface area contributed by atoms with E-state index < -0.39 is 5.60 Å². The highest BCUT2D eigenvalue weighted by Crippen LogP contribution is 2.19. The zero-order chi connectivity index (χ0) is 17.7. The molecular formula is C19H21BrN2O2. The Labute approximate surface area is 151 Å². The molecule has 2 rings (SSSR count). The van der Waals surface area contributed by atoms with Crippen LogP contribution in [0.25, 0.3) is 12.2 Å². The Morgan fingerprint density at radius 1 is 1.12 bits per heavy atom. The fourth-order valence-corrected chi connectivity index (χ4v) is 2.34. The van der Waals surface area contributed by atoms with Crippen LogP contribution >= 0.6 is 15.9 Å². The number of benzene rings is 1. The van der Waals surface area contributed by atoms with E-state index in [1.165, 1.54) is 4.90 Å². The van der Waals surface area contributed by atoms with Crippen LogP contribution in [0.2, 0.25) is 0 Å². The molecule has 1 heterocycles. The summed E-state index contributed by atoms with van der Waals surface area (Å²) in [7, 11) is 1.70. The third-order valence-corrected chi connectivity index (χ3v) is 3.60. The molecule has 0 fully saturated rings. The molecule has 24 heavy (non-hydrogen) atoms. The first-order chi connectivity index (χ1) is 11.2. The Morgan fingerprint density at radius 2 is 1.75 bits per heavy atom. The van der Waals surface area contributed by atoms with Crippen LogP contribution in [0.5, 0.6) is 0 Å². The lowest BCUT2D eigenvalue weighted by Gasteiger charge is -2.24. The van der Waals surface area contributed by atoms with Crippen LogP contribution in [0.4, 0.5) is 10.5 Å². The number of carbonyl (C=O) groups excluding carboxylic acids is 1. The van der Waals surface area contributed by atoms with Crippen molar-refractivity contribution in [3.05, 3.63) is 58.3 Å². The molecule has 0 radical (unpaired) electrons. The van der Waals surface area contributed by atoms with Crippen molar-refractivity contribution < 1.29 is 9.53 Å². The molecule has 1 amide bonds.